The second kappa shape index (κ2) is 4.18. The van der Waals surface area contributed by atoms with E-state index in [9.17, 15) is 0 Å². The maximum atomic E-state index is 5.01. The van der Waals surface area contributed by atoms with Crippen LogP contribution < -0.4 is 11.5 Å². The summed E-state index contributed by atoms with van der Waals surface area (Å²) >= 11 is 0. The van der Waals surface area contributed by atoms with E-state index >= 15 is 0 Å². The Morgan fingerprint density at radius 1 is 1.62 bits per heavy atom. The Morgan fingerprint density at radius 2 is 2.25 bits per heavy atom. The lowest BCUT2D eigenvalue weighted by molar-refractivity contribution is 1.21. The monoisotopic (exact) mass is 113 g/mol. The number of rotatable bonds is 2. The summed E-state index contributed by atoms with van der Waals surface area (Å²) in [6.45, 7) is 2.01. The van der Waals surface area contributed by atoms with Gasteiger partial charge in [0, 0.05) is 6.20 Å². The molecule has 0 atom stereocenters. The lowest BCUT2D eigenvalue weighted by atomic mass is 10.5. The molecular weight excluding hydrogens is 102 g/mol. The number of hydrogen-bond acceptors (Lipinski definition) is 1. The Bertz CT molecular complexity index is 100. The molecule has 4 N–H and O–H groups in total. The molecule has 3 nitrogen and oxygen atoms in total. The van der Waals surface area contributed by atoms with Gasteiger partial charge in [0.25, 0.3) is 0 Å². The third kappa shape index (κ3) is 5.01. The molecule has 0 unspecified atom stereocenters. The second-order valence-corrected chi connectivity index (χ2v) is 1.35. The van der Waals surface area contributed by atoms with Crippen LogP contribution in [0.1, 0.15) is 13.3 Å². The Labute approximate surface area is 49.1 Å². The Balaban J connectivity index is 3.42. The highest BCUT2D eigenvalue weighted by molar-refractivity contribution is 5.76. The predicted molar refractivity (Wildman–Crippen MR) is 35.2 cm³/mol. The fourth-order valence-corrected chi connectivity index (χ4v) is 0.244. The molecule has 3 heteroatoms. The number of allylic oxidation sites excluding steroid dienone is 1. The summed E-state index contributed by atoms with van der Waals surface area (Å²) in [4.78, 5) is 3.61. The van der Waals surface area contributed by atoms with E-state index < -0.39 is 0 Å². The standard InChI is InChI=1S/C5H11N3/c1-2-3-4-8-5(6)7/h3-4H,2H2,1H3,(H4,6,7,8)/b4-3-. The van der Waals surface area contributed by atoms with Crippen molar-refractivity contribution in [3.8, 4) is 0 Å². The van der Waals surface area contributed by atoms with Crippen LogP contribution in [0, 0.1) is 0 Å². The van der Waals surface area contributed by atoms with E-state index in [0.717, 1.165) is 6.42 Å². The molecule has 0 saturated heterocycles. The van der Waals surface area contributed by atoms with Gasteiger partial charge in [0.15, 0.2) is 5.96 Å². The van der Waals surface area contributed by atoms with Gasteiger partial charge < -0.3 is 11.5 Å². The smallest absolute Gasteiger partial charge is 0.190 e. The van der Waals surface area contributed by atoms with Gasteiger partial charge in [-0.15, -0.1) is 0 Å². The van der Waals surface area contributed by atoms with Gasteiger partial charge in [-0.1, -0.05) is 13.0 Å². The van der Waals surface area contributed by atoms with E-state index in [1.54, 1.807) is 6.20 Å². The van der Waals surface area contributed by atoms with E-state index in [2.05, 4.69) is 4.99 Å². The van der Waals surface area contributed by atoms with Crippen molar-refractivity contribution in [2.24, 2.45) is 16.5 Å². The van der Waals surface area contributed by atoms with E-state index in [4.69, 9.17) is 11.5 Å². The van der Waals surface area contributed by atoms with Gasteiger partial charge in [0.05, 0.1) is 0 Å². The summed E-state index contributed by atoms with van der Waals surface area (Å²) in [5, 5.41) is 0. The number of nitrogens with two attached hydrogens (primary N) is 2. The van der Waals surface area contributed by atoms with Crippen molar-refractivity contribution in [2.75, 3.05) is 0 Å². The van der Waals surface area contributed by atoms with Gasteiger partial charge in [-0.05, 0) is 6.42 Å². The van der Waals surface area contributed by atoms with Gasteiger partial charge in [-0.25, -0.2) is 4.99 Å². The fraction of sp³-hybridized carbons (Fsp3) is 0.400. The Kier molecular flexibility index (Phi) is 3.66. The molecule has 0 fully saturated rings. The molecule has 8 heavy (non-hydrogen) atoms. The van der Waals surface area contributed by atoms with Crippen molar-refractivity contribution < 1.29 is 0 Å². The van der Waals surface area contributed by atoms with Crippen LogP contribution >= 0.6 is 0 Å². The number of aliphatic imine (C=N–C) groups is 1. The molecule has 0 saturated carbocycles. The summed E-state index contributed by atoms with van der Waals surface area (Å²) in [5.74, 6) is 0.106. The minimum absolute atomic E-state index is 0.106. The summed E-state index contributed by atoms with van der Waals surface area (Å²) in [7, 11) is 0. The van der Waals surface area contributed by atoms with E-state index in [0.29, 0.717) is 0 Å². The summed E-state index contributed by atoms with van der Waals surface area (Å²) in [6, 6.07) is 0. The third-order valence-corrected chi connectivity index (χ3v) is 0.565. The lowest BCUT2D eigenvalue weighted by Gasteiger charge is -1.81. The first kappa shape index (κ1) is 7.01. The molecule has 0 aromatic heterocycles. The average Bonchev–Trinajstić information content (AvgIpc) is 1.66. The van der Waals surface area contributed by atoms with Gasteiger partial charge in [-0.3, -0.25) is 0 Å². The third-order valence-electron chi connectivity index (χ3n) is 0.565. The van der Waals surface area contributed by atoms with E-state index in [1.807, 2.05) is 13.0 Å². The van der Waals surface area contributed by atoms with Crippen LogP contribution in [0.5, 0.6) is 0 Å². The topological polar surface area (TPSA) is 64.4 Å². The zero-order chi connectivity index (χ0) is 6.41. The molecule has 0 aromatic carbocycles. The molecule has 0 aliphatic heterocycles. The molecule has 0 aliphatic rings. The quantitative estimate of drug-likeness (QED) is 0.396. The first-order valence-electron chi connectivity index (χ1n) is 2.51. The normalized spacial score (nSPS) is 9.62. The number of hydrogen-bond donors (Lipinski definition) is 2. The van der Waals surface area contributed by atoms with Gasteiger partial charge in [0.1, 0.15) is 0 Å². The van der Waals surface area contributed by atoms with Crippen LogP contribution in [0.2, 0.25) is 0 Å². The van der Waals surface area contributed by atoms with Crippen molar-refractivity contribution in [1.82, 2.24) is 0 Å². The van der Waals surface area contributed by atoms with Gasteiger partial charge >= 0.3 is 0 Å². The Morgan fingerprint density at radius 3 is 2.62 bits per heavy atom. The highest BCUT2D eigenvalue weighted by atomic mass is 15.0. The van der Waals surface area contributed by atoms with E-state index in [1.165, 1.54) is 0 Å². The minimum atomic E-state index is 0.106. The molecule has 0 radical (unpaired) electrons. The molecule has 0 rings (SSSR count). The molecular formula is C5H11N3. The number of nitrogens with zero attached hydrogens (tertiary/aromatic N) is 1. The Hall–Kier alpha value is -0.990. The molecule has 0 bridgehead atoms. The van der Waals surface area contributed by atoms with Crippen LogP contribution in [-0.2, 0) is 0 Å². The molecule has 0 aliphatic carbocycles. The average molecular weight is 113 g/mol. The van der Waals surface area contributed by atoms with Gasteiger partial charge in [-0.2, -0.15) is 0 Å². The first-order chi connectivity index (χ1) is 3.77. The van der Waals surface area contributed by atoms with Gasteiger partial charge in [0.2, 0.25) is 0 Å². The minimum Gasteiger partial charge on any atom is -0.370 e. The van der Waals surface area contributed by atoms with Crippen molar-refractivity contribution in [1.29, 1.82) is 0 Å². The van der Waals surface area contributed by atoms with Crippen LogP contribution in [0.15, 0.2) is 17.3 Å². The highest BCUT2D eigenvalue weighted by Gasteiger charge is 1.68. The lowest BCUT2D eigenvalue weighted by Crippen LogP contribution is -2.21. The van der Waals surface area contributed by atoms with Crippen molar-refractivity contribution in [2.45, 2.75) is 13.3 Å². The fourth-order valence-electron chi connectivity index (χ4n) is 0.244. The van der Waals surface area contributed by atoms with E-state index in [-0.39, 0.29) is 5.96 Å². The predicted octanol–water partition coefficient (Wildman–Crippen LogP) is 0.184. The number of guanidine groups is 1. The summed E-state index contributed by atoms with van der Waals surface area (Å²) in [6.07, 6.45) is 4.42. The molecule has 46 valence electrons. The maximum absolute atomic E-state index is 5.01. The molecule has 0 aromatic rings. The maximum Gasteiger partial charge on any atom is 0.190 e. The van der Waals surface area contributed by atoms with Crippen LogP contribution in [-0.4, -0.2) is 5.96 Å². The molecule has 0 spiro atoms. The zero-order valence-corrected chi connectivity index (χ0v) is 4.96. The zero-order valence-electron chi connectivity index (χ0n) is 4.96. The molecule has 0 amide bonds. The summed E-state index contributed by atoms with van der Waals surface area (Å²) < 4.78 is 0. The van der Waals surface area contributed by atoms with Crippen molar-refractivity contribution in [3.63, 3.8) is 0 Å². The van der Waals surface area contributed by atoms with Crippen LogP contribution in [0.4, 0.5) is 0 Å². The summed E-state index contributed by atoms with van der Waals surface area (Å²) in [5.41, 5.74) is 10.0. The molecule has 0 heterocycles. The van der Waals surface area contributed by atoms with Crippen molar-refractivity contribution >= 4 is 5.96 Å². The first-order valence-corrected chi connectivity index (χ1v) is 2.51. The highest BCUT2D eigenvalue weighted by Crippen LogP contribution is 1.78. The van der Waals surface area contributed by atoms with Crippen LogP contribution in [0.25, 0.3) is 0 Å². The largest absolute Gasteiger partial charge is 0.370 e. The van der Waals surface area contributed by atoms with Crippen LogP contribution in [0.3, 0.4) is 0 Å². The SMILES string of the molecule is CC/C=C\N=C(N)N. The second-order valence-electron chi connectivity index (χ2n) is 1.35. The van der Waals surface area contributed by atoms with Crippen molar-refractivity contribution in [3.05, 3.63) is 12.3 Å².